The normalized spacial score (nSPS) is 15.6. The molecule has 40 heavy (non-hydrogen) atoms. The number of rotatable bonds is 14. The van der Waals surface area contributed by atoms with Crippen LogP contribution in [0.1, 0.15) is 54.4 Å². The van der Waals surface area contributed by atoms with Crippen molar-refractivity contribution in [2.24, 2.45) is 32.9 Å². The molecule has 11 N–H and O–H groups in total. The van der Waals surface area contributed by atoms with Gasteiger partial charge in [-0.15, -0.1) is 0 Å². The zero-order valence-electron chi connectivity index (χ0n) is 22.4. The Morgan fingerprint density at radius 3 is 2.12 bits per heavy atom. The fourth-order valence-electron chi connectivity index (χ4n) is 4.25. The summed E-state index contributed by atoms with van der Waals surface area (Å²) in [7, 11) is 0. The molecular formula is C28H38N8O4. The van der Waals surface area contributed by atoms with Gasteiger partial charge in [0.25, 0.3) is 0 Å². The van der Waals surface area contributed by atoms with Crippen LogP contribution in [0.25, 0.3) is 6.08 Å². The number of carbonyl (C=O) groups excluding carboxylic acids is 2. The van der Waals surface area contributed by atoms with E-state index in [0.717, 1.165) is 36.0 Å². The summed E-state index contributed by atoms with van der Waals surface area (Å²) in [4.78, 5) is 33.5. The Morgan fingerprint density at radius 2 is 1.50 bits per heavy atom. The molecule has 0 spiro atoms. The molecular weight excluding hydrogens is 512 g/mol. The van der Waals surface area contributed by atoms with Crippen LogP contribution in [-0.2, 0) is 9.59 Å². The minimum Gasteiger partial charge on any atom is -0.508 e. The second-order valence-electron chi connectivity index (χ2n) is 9.35. The predicted octanol–water partition coefficient (Wildman–Crippen LogP) is 0.962. The van der Waals surface area contributed by atoms with E-state index >= 15 is 0 Å². The zero-order valence-corrected chi connectivity index (χ0v) is 22.4. The molecule has 0 saturated carbocycles. The van der Waals surface area contributed by atoms with Crippen molar-refractivity contribution in [3.05, 3.63) is 65.2 Å². The van der Waals surface area contributed by atoms with E-state index in [-0.39, 0.29) is 29.5 Å². The van der Waals surface area contributed by atoms with E-state index in [1.807, 2.05) is 12.1 Å². The molecule has 0 saturated heterocycles. The Balaban J connectivity index is 1.67. The first-order chi connectivity index (χ1) is 19.2. The molecule has 0 aromatic heterocycles. The van der Waals surface area contributed by atoms with E-state index in [2.05, 4.69) is 20.6 Å². The summed E-state index contributed by atoms with van der Waals surface area (Å²) in [6, 6.07) is 12.1. The zero-order chi connectivity index (χ0) is 28.9. The fraction of sp³-hybridized carbons (Fsp3) is 0.357. The molecule has 0 bridgehead atoms. The fourth-order valence-corrected chi connectivity index (χ4v) is 4.25. The first-order valence-electron chi connectivity index (χ1n) is 13.2. The predicted molar refractivity (Wildman–Crippen MR) is 156 cm³/mol. The van der Waals surface area contributed by atoms with Crippen LogP contribution in [0, 0.1) is 0 Å². The average molecular weight is 551 g/mol. The second-order valence-corrected chi connectivity index (χ2v) is 9.35. The third kappa shape index (κ3) is 9.22. The average Bonchev–Trinajstić information content (AvgIpc) is 3.30. The molecule has 0 unspecified atom stereocenters. The summed E-state index contributed by atoms with van der Waals surface area (Å²) >= 11 is 0. The molecule has 0 fully saturated rings. The molecule has 3 rings (SSSR count). The van der Waals surface area contributed by atoms with E-state index in [0.29, 0.717) is 38.3 Å². The number of hydrogen-bond donors (Lipinski definition) is 7. The lowest BCUT2D eigenvalue weighted by Gasteiger charge is -2.19. The number of nitrogens with two attached hydrogens (primary N) is 4. The molecule has 0 radical (unpaired) electrons. The minimum atomic E-state index is -0.621. The smallest absolute Gasteiger partial charge is 0.243 e. The van der Waals surface area contributed by atoms with Crippen LogP contribution < -0.4 is 38.3 Å². The highest BCUT2D eigenvalue weighted by atomic mass is 16.5. The van der Waals surface area contributed by atoms with Gasteiger partial charge in [0.2, 0.25) is 11.8 Å². The van der Waals surface area contributed by atoms with Crippen molar-refractivity contribution in [3.63, 3.8) is 0 Å². The summed E-state index contributed by atoms with van der Waals surface area (Å²) in [5.41, 5.74) is 23.5. The standard InChI is InChI=1S/C28H38N8O4/c29-27(30)35-15-3-1-13-33-23(38)12-6-18-5-11-22-21(17-18)24(25(40-22)19-7-9-20(37)10-8-19)26(39)34-14-2-4-16-36-28(31)32/h5-12,17,24-25,37H,1-4,13-16H2,(H,33,38)(H,34,39)(H4,29,30,35)(H4,31,32,36)/t24-,25-/m0/s1. The van der Waals surface area contributed by atoms with E-state index in [1.54, 1.807) is 36.4 Å². The van der Waals surface area contributed by atoms with Gasteiger partial charge in [0.1, 0.15) is 23.5 Å². The highest BCUT2D eigenvalue weighted by Gasteiger charge is 2.40. The van der Waals surface area contributed by atoms with Gasteiger partial charge in [-0.25, -0.2) is 0 Å². The summed E-state index contributed by atoms with van der Waals surface area (Å²) in [6.45, 7) is 1.97. The molecule has 1 heterocycles. The second kappa shape index (κ2) is 15.0. The van der Waals surface area contributed by atoms with Crippen LogP contribution >= 0.6 is 0 Å². The van der Waals surface area contributed by atoms with E-state index in [9.17, 15) is 14.7 Å². The molecule has 0 aliphatic carbocycles. The molecule has 2 aromatic rings. The molecule has 1 aliphatic heterocycles. The van der Waals surface area contributed by atoms with Crippen LogP contribution in [0.5, 0.6) is 11.5 Å². The van der Waals surface area contributed by atoms with Crippen molar-refractivity contribution in [2.75, 3.05) is 26.2 Å². The van der Waals surface area contributed by atoms with Crippen LogP contribution in [0.3, 0.4) is 0 Å². The van der Waals surface area contributed by atoms with E-state index in [4.69, 9.17) is 27.7 Å². The Labute approximate surface area is 233 Å². The van der Waals surface area contributed by atoms with Gasteiger partial charge in [-0.3, -0.25) is 19.6 Å². The highest BCUT2D eigenvalue weighted by Crippen LogP contribution is 2.46. The van der Waals surface area contributed by atoms with Gasteiger partial charge < -0.3 is 43.4 Å². The quantitative estimate of drug-likeness (QED) is 0.0776. The maximum Gasteiger partial charge on any atom is 0.243 e. The third-order valence-electron chi connectivity index (χ3n) is 6.21. The largest absolute Gasteiger partial charge is 0.508 e. The van der Waals surface area contributed by atoms with Crippen LogP contribution in [0.15, 0.2) is 58.5 Å². The van der Waals surface area contributed by atoms with E-state index < -0.39 is 12.0 Å². The number of aromatic hydroxyl groups is 1. The number of aliphatic imine (C=N–C) groups is 2. The van der Waals surface area contributed by atoms with Crippen LogP contribution in [-0.4, -0.2) is 55.0 Å². The molecule has 12 heteroatoms. The Bertz CT molecular complexity index is 1240. The summed E-state index contributed by atoms with van der Waals surface area (Å²) in [5.74, 6) is -0.213. The van der Waals surface area contributed by atoms with Crippen LogP contribution in [0.4, 0.5) is 0 Å². The lowest BCUT2D eigenvalue weighted by molar-refractivity contribution is -0.124. The lowest BCUT2D eigenvalue weighted by atomic mass is 9.89. The number of amides is 2. The number of unbranched alkanes of at least 4 members (excludes halogenated alkanes) is 2. The Hall–Kier alpha value is -4.74. The van der Waals surface area contributed by atoms with Gasteiger partial charge in [-0.1, -0.05) is 18.2 Å². The van der Waals surface area contributed by atoms with Gasteiger partial charge in [0.05, 0.1) is 0 Å². The topological polar surface area (TPSA) is 216 Å². The Kier molecular flexibility index (Phi) is 11.2. The van der Waals surface area contributed by atoms with Gasteiger partial charge in [0.15, 0.2) is 11.9 Å². The SMILES string of the molecule is NC(N)=NCCCCNC(=O)C=Cc1ccc2c(c1)[C@H](C(=O)NCCCCN=C(N)N)[C@H](c1ccc(O)cc1)O2. The summed E-state index contributed by atoms with van der Waals surface area (Å²) in [5, 5.41) is 15.5. The van der Waals surface area contributed by atoms with Crippen molar-refractivity contribution in [2.45, 2.75) is 37.7 Å². The van der Waals surface area contributed by atoms with Gasteiger partial charge in [0, 0.05) is 37.8 Å². The minimum absolute atomic E-state index is 0.0438. The van der Waals surface area contributed by atoms with Gasteiger partial charge >= 0.3 is 0 Å². The summed E-state index contributed by atoms with van der Waals surface area (Å²) < 4.78 is 6.20. The molecule has 214 valence electrons. The van der Waals surface area contributed by atoms with Crippen molar-refractivity contribution in [1.29, 1.82) is 0 Å². The number of phenolic OH excluding ortho intramolecular Hbond substituents is 1. The third-order valence-corrected chi connectivity index (χ3v) is 6.21. The van der Waals surface area contributed by atoms with Crippen molar-refractivity contribution < 1.29 is 19.4 Å². The van der Waals surface area contributed by atoms with E-state index in [1.165, 1.54) is 6.08 Å². The maximum atomic E-state index is 13.4. The maximum absolute atomic E-state index is 13.4. The number of benzene rings is 2. The monoisotopic (exact) mass is 550 g/mol. The number of fused-ring (bicyclic) bond motifs is 1. The van der Waals surface area contributed by atoms with Gasteiger partial charge in [-0.05, 0) is 67.2 Å². The number of carbonyl (C=O) groups is 2. The number of phenols is 1. The first kappa shape index (κ1) is 29.8. The van der Waals surface area contributed by atoms with Crippen molar-refractivity contribution in [1.82, 2.24) is 10.6 Å². The molecule has 2 atom stereocenters. The Morgan fingerprint density at radius 1 is 0.875 bits per heavy atom. The van der Waals surface area contributed by atoms with Crippen LogP contribution in [0.2, 0.25) is 0 Å². The van der Waals surface area contributed by atoms with Gasteiger partial charge in [-0.2, -0.15) is 0 Å². The number of guanidine groups is 2. The summed E-state index contributed by atoms with van der Waals surface area (Å²) in [6.07, 6.45) is 5.52. The number of hydrogen-bond acceptors (Lipinski definition) is 6. The number of nitrogens with zero attached hydrogens (tertiary/aromatic N) is 2. The number of nitrogens with one attached hydrogen (secondary N) is 2. The lowest BCUT2D eigenvalue weighted by Crippen LogP contribution is -2.32. The molecule has 2 aromatic carbocycles. The van der Waals surface area contributed by atoms with Crippen molar-refractivity contribution in [3.8, 4) is 11.5 Å². The molecule has 12 nitrogen and oxygen atoms in total. The first-order valence-corrected chi connectivity index (χ1v) is 13.2. The number of ether oxygens (including phenoxy) is 1. The highest BCUT2D eigenvalue weighted by molar-refractivity contribution is 5.92. The molecule has 2 amide bonds. The molecule has 1 aliphatic rings. The van der Waals surface area contributed by atoms with Crippen molar-refractivity contribution >= 4 is 29.8 Å².